The lowest BCUT2D eigenvalue weighted by Crippen LogP contribution is -2.54. The number of nitrogens with one attached hydrogen (secondary N) is 2. The molecule has 6 heterocycles. The van der Waals surface area contributed by atoms with E-state index in [-0.39, 0.29) is 48.6 Å². The topological polar surface area (TPSA) is 209 Å². The van der Waals surface area contributed by atoms with E-state index >= 15 is 4.39 Å². The molecular weight excluding hydrogens is 871 g/mol. The van der Waals surface area contributed by atoms with E-state index < -0.39 is 35.5 Å². The number of benzene rings is 2. The molecule has 4 N–H and O–H groups in total. The van der Waals surface area contributed by atoms with Gasteiger partial charge in [-0.1, -0.05) is 13.8 Å². The minimum Gasteiger partial charge on any atom is -0.384 e. The van der Waals surface area contributed by atoms with E-state index in [4.69, 9.17) is 29.7 Å². The molecule has 0 bridgehead atoms. The second-order valence-electron chi connectivity index (χ2n) is 15.7. The molecular formula is C47H56F2N10O8. The van der Waals surface area contributed by atoms with Gasteiger partial charge in [0.2, 0.25) is 11.8 Å². The van der Waals surface area contributed by atoms with E-state index in [0.29, 0.717) is 93.5 Å². The number of anilines is 3. The van der Waals surface area contributed by atoms with Crippen LogP contribution in [0.15, 0.2) is 60.8 Å². The Bertz CT molecular complexity index is 2570. The molecule has 18 nitrogen and oxygen atoms in total. The number of nitrogens with two attached hydrogens (primary N) is 1. The summed E-state index contributed by atoms with van der Waals surface area (Å²) in [4.78, 5) is 68.4. The molecule has 4 amide bonds. The number of piperidine rings is 1. The zero-order valence-corrected chi connectivity index (χ0v) is 37.9. The minimum atomic E-state index is -1.13. The second kappa shape index (κ2) is 22.8. The third-order valence-electron chi connectivity index (χ3n) is 11.4. The van der Waals surface area contributed by atoms with Crippen molar-refractivity contribution in [2.45, 2.75) is 39.7 Å². The standard InChI is InChI=1S/C45H50F2N10O8.C2H6/c1-28-51-36-4-3-35(29-8-9-50-40(48)24-29)52-42(36)56(28)30-2-5-38(34(47)25-30)55-13-11-54(12-14-55)15-17-63-19-21-65-23-22-64-20-18-62-16-10-49-37-27-32-31(26-33(37)46)44(60)57(45(32)61)39-6-7-41(58)53-43(39)59;1-2/h2-5,8-9,24-27,39,49H,6-7,10-23H2,1H3,(H2,48,50)(H,53,58,59);1-2H3. The third kappa shape index (κ3) is 11.6. The number of aryl methyl sites for hydroxylation is 1. The molecule has 2 aromatic carbocycles. The van der Waals surface area contributed by atoms with Crippen LogP contribution in [0.1, 0.15) is 53.2 Å². The first-order chi connectivity index (χ1) is 32.5. The Morgan fingerprint density at radius 1 is 0.776 bits per heavy atom. The van der Waals surface area contributed by atoms with Crippen molar-refractivity contribution in [2.75, 3.05) is 108 Å². The lowest BCUT2D eigenvalue weighted by Gasteiger charge is -2.36. The SMILES string of the molecule is CC.Cc1nc2ccc(-c3ccnc(N)c3)nc2n1-c1ccc(N2CCN(CCOCCOCCOCCOCCNc3cc4c(cc3F)C(=O)N(C3CCC(=O)NC3=O)C4=O)CC2)c(F)c1. The maximum atomic E-state index is 15.7. The van der Waals surface area contributed by atoms with E-state index in [1.54, 1.807) is 12.3 Å². The highest BCUT2D eigenvalue weighted by Gasteiger charge is 2.45. The Morgan fingerprint density at radius 2 is 1.45 bits per heavy atom. The number of rotatable bonds is 20. The van der Waals surface area contributed by atoms with Gasteiger partial charge in [-0.05, 0) is 61.9 Å². The van der Waals surface area contributed by atoms with E-state index in [1.807, 2.05) is 55.7 Å². The van der Waals surface area contributed by atoms with Crippen molar-refractivity contribution in [3.8, 4) is 16.9 Å². The van der Waals surface area contributed by atoms with E-state index in [0.717, 1.165) is 41.9 Å². The van der Waals surface area contributed by atoms with Gasteiger partial charge >= 0.3 is 0 Å². The number of ether oxygens (including phenoxy) is 4. The summed E-state index contributed by atoms with van der Waals surface area (Å²) in [6.07, 6.45) is 1.65. The average Bonchev–Trinajstić information content (AvgIpc) is 3.78. The molecule has 5 aromatic rings. The molecule has 3 aliphatic heterocycles. The Kier molecular flexibility index (Phi) is 16.5. The molecule has 0 radical (unpaired) electrons. The minimum absolute atomic E-state index is 0.00679. The van der Waals surface area contributed by atoms with Crippen molar-refractivity contribution in [2.24, 2.45) is 0 Å². The first-order valence-electron chi connectivity index (χ1n) is 22.5. The van der Waals surface area contributed by atoms with Gasteiger partial charge in [0.25, 0.3) is 11.8 Å². The van der Waals surface area contributed by atoms with E-state index in [2.05, 4.69) is 30.4 Å². The number of aromatic nitrogens is 4. The molecule has 67 heavy (non-hydrogen) atoms. The second-order valence-corrected chi connectivity index (χ2v) is 15.7. The zero-order valence-electron chi connectivity index (χ0n) is 37.9. The molecule has 3 aliphatic rings. The molecule has 0 aliphatic carbocycles. The smallest absolute Gasteiger partial charge is 0.262 e. The summed E-state index contributed by atoms with van der Waals surface area (Å²) in [7, 11) is 0. The van der Waals surface area contributed by atoms with E-state index in [9.17, 15) is 23.6 Å². The van der Waals surface area contributed by atoms with Gasteiger partial charge in [0.15, 0.2) is 5.65 Å². The number of halogens is 2. The highest BCUT2D eigenvalue weighted by molar-refractivity contribution is 6.23. The molecule has 356 valence electrons. The average molecular weight is 927 g/mol. The normalized spacial score (nSPS) is 16.3. The van der Waals surface area contributed by atoms with Crippen LogP contribution in [-0.2, 0) is 28.5 Å². The fraction of sp³-hybridized carbons (Fsp3) is 0.426. The summed E-state index contributed by atoms with van der Waals surface area (Å²) < 4.78 is 54.8. The summed E-state index contributed by atoms with van der Waals surface area (Å²) in [6, 6.07) is 13.8. The Morgan fingerprint density at radius 3 is 2.12 bits per heavy atom. The number of carbonyl (C=O) groups is 4. The first-order valence-corrected chi connectivity index (χ1v) is 22.5. The summed E-state index contributed by atoms with van der Waals surface area (Å²) in [5, 5.41) is 5.00. The molecule has 3 aromatic heterocycles. The number of piperazine rings is 1. The predicted molar refractivity (Wildman–Crippen MR) is 246 cm³/mol. The number of fused-ring (bicyclic) bond motifs is 2. The molecule has 2 fully saturated rings. The van der Waals surface area contributed by atoms with Crippen molar-refractivity contribution in [1.29, 1.82) is 0 Å². The van der Waals surface area contributed by atoms with Gasteiger partial charge < -0.3 is 34.9 Å². The van der Waals surface area contributed by atoms with Crippen LogP contribution in [0.2, 0.25) is 0 Å². The Balaban J connectivity index is 0.00000329. The van der Waals surface area contributed by atoms with Crippen LogP contribution in [-0.4, -0.2) is 151 Å². The summed E-state index contributed by atoms with van der Waals surface area (Å²) in [5.41, 5.74) is 9.86. The van der Waals surface area contributed by atoms with Crippen LogP contribution in [0.25, 0.3) is 28.1 Å². The first kappa shape index (κ1) is 48.5. The van der Waals surface area contributed by atoms with Crippen molar-refractivity contribution in [3.63, 3.8) is 0 Å². The monoisotopic (exact) mass is 926 g/mol. The van der Waals surface area contributed by atoms with Gasteiger partial charge in [-0.3, -0.25) is 38.9 Å². The molecule has 0 spiro atoms. The van der Waals surface area contributed by atoms with Crippen molar-refractivity contribution in [3.05, 3.63) is 89.4 Å². The molecule has 2 saturated heterocycles. The molecule has 1 unspecified atom stereocenters. The fourth-order valence-corrected chi connectivity index (χ4v) is 8.09. The molecule has 8 rings (SSSR count). The number of imidazole rings is 1. The highest BCUT2D eigenvalue weighted by atomic mass is 19.1. The number of pyridine rings is 2. The van der Waals surface area contributed by atoms with Gasteiger partial charge in [-0.25, -0.2) is 23.7 Å². The number of carbonyl (C=O) groups excluding carboxylic acids is 4. The summed E-state index contributed by atoms with van der Waals surface area (Å²) >= 11 is 0. The van der Waals surface area contributed by atoms with Crippen LogP contribution in [0.5, 0.6) is 0 Å². The van der Waals surface area contributed by atoms with Gasteiger partial charge in [-0.2, -0.15) is 0 Å². The van der Waals surface area contributed by atoms with Gasteiger partial charge in [0.1, 0.15) is 34.8 Å². The van der Waals surface area contributed by atoms with Crippen molar-refractivity contribution < 1.29 is 46.9 Å². The van der Waals surface area contributed by atoms with Crippen LogP contribution >= 0.6 is 0 Å². The Hall–Kier alpha value is -6.45. The van der Waals surface area contributed by atoms with Crippen LogP contribution in [0.3, 0.4) is 0 Å². The summed E-state index contributed by atoms with van der Waals surface area (Å²) in [5.74, 6) is -2.62. The van der Waals surface area contributed by atoms with Crippen molar-refractivity contribution >= 4 is 52.0 Å². The molecule has 20 heteroatoms. The van der Waals surface area contributed by atoms with Gasteiger partial charge in [-0.15, -0.1) is 0 Å². The maximum Gasteiger partial charge on any atom is 0.262 e. The zero-order chi connectivity index (χ0) is 47.5. The number of nitrogen functional groups attached to an aromatic ring is 1. The summed E-state index contributed by atoms with van der Waals surface area (Å²) in [6.45, 7) is 12.8. The number of hydrogen-bond acceptors (Lipinski definition) is 15. The van der Waals surface area contributed by atoms with Crippen LogP contribution in [0, 0.1) is 18.6 Å². The number of imide groups is 2. The maximum absolute atomic E-state index is 15.7. The highest BCUT2D eigenvalue weighted by Crippen LogP contribution is 2.32. The quantitative estimate of drug-likeness (QED) is 0.0731. The predicted octanol–water partition coefficient (Wildman–Crippen LogP) is 4.38. The third-order valence-corrected chi connectivity index (χ3v) is 11.4. The van der Waals surface area contributed by atoms with Gasteiger partial charge in [0.05, 0.1) is 86.7 Å². The Labute approximate surface area is 386 Å². The van der Waals surface area contributed by atoms with Crippen LogP contribution in [0.4, 0.5) is 26.0 Å². The van der Waals surface area contributed by atoms with Crippen molar-refractivity contribution in [1.82, 2.24) is 34.6 Å². The molecule has 1 atom stereocenters. The van der Waals surface area contributed by atoms with Gasteiger partial charge in [0, 0.05) is 63.5 Å². The largest absolute Gasteiger partial charge is 0.384 e. The number of amides is 4. The lowest BCUT2D eigenvalue weighted by molar-refractivity contribution is -0.136. The lowest BCUT2D eigenvalue weighted by atomic mass is 10.0. The number of hydrogen-bond donors (Lipinski definition) is 3. The van der Waals surface area contributed by atoms with Crippen LogP contribution < -0.4 is 21.3 Å². The number of nitrogens with zero attached hydrogens (tertiary/aromatic N) is 7. The molecule has 0 saturated carbocycles. The van der Waals surface area contributed by atoms with E-state index in [1.165, 1.54) is 12.1 Å². The fourth-order valence-electron chi connectivity index (χ4n) is 8.09.